The summed E-state index contributed by atoms with van der Waals surface area (Å²) in [6, 6.07) is 3.80. The van der Waals surface area contributed by atoms with E-state index in [9.17, 15) is 4.79 Å². The highest BCUT2D eigenvalue weighted by atomic mass is 16.5. The number of carbonyl (C=O) groups is 1. The first-order valence-electron chi connectivity index (χ1n) is 8.87. The van der Waals surface area contributed by atoms with Gasteiger partial charge in [-0.1, -0.05) is 12.2 Å². The van der Waals surface area contributed by atoms with Crippen molar-refractivity contribution in [3.05, 3.63) is 36.7 Å². The smallest absolute Gasteiger partial charge is 0.226 e. The molecule has 24 heavy (non-hydrogen) atoms. The Morgan fingerprint density at radius 3 is 2.96 bits per heavy atom. The van der Waals surface area contributed by atoms with Crippen molar-refractivity contribution in [1.82, 2.24) is 9.88 Å². The first-order chi connectivity index (χ1) is 11.8. The van der Waals surface area contributed by atoms with Crippen LogP contribution in [0.5, 0.6) is 5.75 Å². The van der Waals surface area contributed by atoms with E-state index in [2.05, 4.69) is 17.1 Å². The molecule has 1 spiro atoms. The Balaban J connectivity index is 1.27. The summed E-state index contributed by atoms with van der Waals surface area (Å²) >= 11 is 0. The van der Waals surface area contributed by atoms with Crippen LogP contribution in [0.3, 0.4) is 0 Å². The van der Waals surface area contributed by atoms with Crippen molar-refractivity contribution in [3.8, 4) is 5.75 Å². The van der Waals surface area contributed by atoms with Gasteiger partial charge in [-0.15, -0.1) is 0 Å². The van der Waals surface area contributed by atoms with Crippen molar-refractivity contribution in [1.29, 1.82) is 0 Å². The number of hydrogen-bond donors (Lipinski definition) is 0. The Labute approximate surface area is 142 Å². The molecule has 5 nitrogen and oxygen atoms in total. The largest absolute Gasteiger partial charge is 0.492 e. The van der Waals surface area contributed by atoms with Crippen molar-refractivity contribution in [2.45, 2.75) is 31.3 Å². The quantitative estimate of drug-likeness (QED) is 0.779. The second-order valence-corrected chi connectivity index (χ2v) is 7.06. The van der Waals surface area contributed by atoms with Crippen LogP contribution in [-0.4, -0.2) is 47.7 Å². The van der Waals surface area contributed by atoms with Crippen molar-refractivity contribution < 1.29 is 14.3 Å². The molecule has 0 aromatic carbocycles. The Morgan fingerprint density at radius 2 is 2.21 bits per heavy atom. The van der Waals surface area contributed by atoms with Crippen LogP contribution in [0, 0.1) is 11.8 Å². The van der Waals surface area contributed by atoms with Crippen LogP contribution in [0.4, 0.5) is 0 Å². The molecular weight excluding hydrogens is 304 g/mol. The second kappa shape index (κ2) is 6.55. The molecule has 1 atom stereocenters. The lowest BCUT2D eigenvalue weighted by Gasteiger charge is -2.51. The molecule has 0 saturated carbocycles. The van der Waals surface area contributed by atoms with Gasteiger partial charge in [-0.25, -0.2) is 0 Å². The number of nitrogens with zero attached hydrogens (tertiary/aromatic N) is 2. The van der Waals surface area contributed by atoms with E-state index in [1.54, 1.807) is 12.4 Å². The fourth-order valence-corrected chi connectivity index (χ4v) is 4.13. The van der Waals surface area contributed by atoms with Gasteiger partial charge in [0.15, 0.2) is 0 Å². The lowest BCUT2D eigenvalue weighted by atomic mass is 9.78. The molecule has 1 aromatic rings. The standard InChI is InChI=1S/C19H24N2O3/c22-18(15-4-1-2-5-15)21-13-19(14-21)16(8-11-24-19)7-10-23-17-6-3-9-20-12-17/h1-3,6,9,12,15-16H,4-5,7-8,10-11,13-14H2/t16-/m1/s1. The maximum absolute atomic E-state index is 12.5. The van der Waals surface area contributed by atoms with Gasteiger partial charge in [-0.2, -0.15) is 0 Å². The van der Waals surface area contributed by atoms with E-state index in [4.69, 9.17) is 9.47 Å². The fraction of sp³-hybridized carbons (Fsp3) is 0.579. The van der Waals surface area contributed by atoms with E-state index >= 15 is 0 Å². The third kappa shape index (κ3) is 2.93. The highest BCUT2D eigenvalue weighted by Crippen LogP contribution is 2.42. The number of aromatic nitrogens is 1. The van der Waals surface area contributed by atoms with Crippen LogP contribution in [0.25, 0.3) is 0 Å². The second-order valence-electron chi connectivity index (χ2n) is 7.06. The Bertz CT molecular complexity index is 602. The lowest BCUT2D eigenvalue weighted by Crippen LogP contribution is -2.66. The molecule has 0 unspecified atom stereocenters. The van der Waals surface area contributed by atoms with Crippen molar-refractivity contribution in [2.24, 2.45) is 11.8 Å². The van der Waals surface area contributed by atoms with Gasteiger partial charge in [0.05, 0.1) is 25.9 Å². The maximum atomic E-state index is 12.5. The van der Waals surface area contributed by atoms with Crippen LogP contribution in [0.2, 0.25) is 0 Å². The number of carbonyl (C=O) groups excluding carboxylic acids is 1. The van der Waals surface area contributed by atoms with Gasteiger partial charge in [0.2, 0.25) is 5.91 Å². The molecule has 1 amide bonds. The van der Waals surface area contributed by atoms with Gasteiger partial charge < -0.3 is 14.4 Å². The number of hydrogen-bond acceptors (Lipinski definition) is 4. The third-order valence-corrected chi connectivity index (χ3v) is 5.56. The number of amides is 1. The minimum Gasteiger partial charge on any atom is -0.492 e. The van der Waals surface area contributed by atoms with E-state index in [0.29, 0.717) is 18.4 Å². The van der Waals surface area contributed by atoms with Crippen LogP contribution in [0.1, 0.15) is 25.7 Å². The monoisotopic (exact) mass is 328 g/mol. The molecule has 3 aliphatic rings. The molecule has 1 aliphatic carbocycles. The molecular formula is C19H24N2O3. The summed E-state index contributed by atoms with van der Waals surface area (Å²) in [6.07, 6.45) is 11.5. The van der Waals surface area contributed by atoms with Crippen LogP contribution >= 0.6 is 0 Å². The molecule has 2 saturated heterocycles. The van der Waals surface area contributed by atoms with Crippen molar-refractivity contribution in [2.75, 3.05) is 26.3 Å². The maximum Gasteiger partial charge on any atom is 0.226 e. The zero-order valence-corrected chi connectivity index (χ0v) is 13.9. The van der Waals surface area contributed by atoms with E-state index in [1.807, 2.05) is 17.0 Å². The average Bonchev–Trinajstić information content (AvgIpc) is 3.24. The van der Waals surface area contributed by atoms with Crippen LogP contribution < -0.4 is 4.74 Å². The highest BCUT2D eigenvalue weighted by Gasteiger charge is 2.54. The summed E-state index contributed by atoms with van der Waals surface area (Å²) in [5.74, 6) is 1.74. The summed E-state index contributed by atoms with van der Waals surface area (Å²) in [6.45, 7) is 2.96. The normalized spacial score (nSPS) is 25.2. The van der Waals surface area contributed by atoms with Crippen LogP contribution in [-0.2, 0) is 9.53 Å². The first kappa shape index (κ1) is 15.6. The van der Waals surface area contributed by atoms with Crippen LogP contribution in [0.15, 0.2) is 36.7 Å². The molecule has 3 heterocycles. The number of ether oxygens (including phenoxy) is 2. The predicted molar refractivity (Wildman–Crippen MR) is 89.6 cm³/mol. The van der Waals surface area contributed by atoms with Gasteiger partial charge in [0.25, 0.3) is 0 Å². The SMILES string of the molecule is O=C(C1CC=CC1)N1CC2(C1)OCC[C@H]2CCOc1cccnc1. The molecule has 4 rings (SSSR count). The zero-order chi connectivity index (χ0) is 16.4. The fourth-order valence-electron chi connectivity index (χ4n) is 4.13. The van der Waals surface area contributed by atoms with Gasteiger partial charge in [-0.3, -0.25) is 9.78 Å². The minimum absolute atomic E-state index is 0.125. The summed E-state index contributed by atoms with van der Waals surface area (Å²) in [4.78, 5) is 18.5. The Kier molecular flexibility index (Phi) is 4.27. The highest BCUT2D eigenvalue weighted by molar-refractivity contribution is 5.80. The van der Waals surface area contributed by atoms with Crippen molar-refractivity contribution >= 4 is 5.91 Å². The lowest BCUT2D eigenvalue weighted by molar-refractivity contribution is -0.169. The first-order valence-corrected chi connectivity index (χ1v) is 8.87. The molecule has 2 fully saturated rings. The number of pyridine rings is 1. The number of allylic oxidation sites excluding steroid dienone is 2. The third-order valence-electron chi connectivity index (χ3n) is 5.56. The molecule has 1 aromatic heterocycles. The van der Waals surface area contributed by atoms with Gasteiger partial charge in [0, 0.05) is 18.7 Å². The predicted octanol–water partition coefficient (Wildman–Crippen LogP) is 2.43. The van der Waals surface area contributed by atoms with Gasteiger partial charge >= 0.3 is 0 Å². The molecule has 0 radical (unpaired) electrons. The minimum atomic E-state index is -0.125. The Hall–Kier alpha value is -1.88. The molecule has 0 N–H and O–H groups in total. The van der Waals surface area contributed by atoms with Gasteiger partial charge in [-0.05, 0) is 43.7 Å². The molecule has 5 heteroatoms. The Morgan fingerprint density at radius 1 is 1.38 bits per heavy atom. The van der Waals surface area contributed by atoms with E-state index in [0.717, 1.165) is 51.1 Å². The summed E-state index contributed by atoms with van der Waals surface area (Å²) < 4.78 is 11.8. The number of rotatable bonds is 5. The number of likely N-dealkylation sites (tertiary alicyclic amines) is 1. The van der Waals surface area contributed by atoms with E-state index in [1.165, 1.54) is 0 Å². The van der Waals surface area contributed by atoms with E-state index in [-0.39, 0.29) is 11.5 Å². The summed E-state index contributed by atoms with van der Waals surface area (Å²) in [7, 11) is 0. The van der Waals surface area contributed by atoms with Gasteiger partial charge in [0.1, 0.15) is 11.4 Å². The molecule has 128 valence electrons. The topological polar surface area (TPSA) is 51.7 Å². The van der Waals surface area contributed by atoms with Crippen molar-refractivity contribution in [3.63, 3.8) is 0 Å². The molecule has 2 aliphatic heterocycles. The zero-order valence-electron chi connectivity index (χ0n) is 13.9. The summed E-state index contributed by atoms with van der Waals surface area (Å²) in [5.41, 5.74) is -0.125. The molecule has 0 bridgehead atoms. The summed E-state index contributed by atoms with van der Waals surface area (Å²) in [5, 5.41) is 0. The van der Waals surface area contributed by atoms with E-state index < -0.39 is 0 Å². The average molecular weight is 328 g/mol.